The third kappa shape index (κ3) is 12.7. The standard InChI is InChI=1S/C43H47BrN4.4ClH.2Cu/c1-26(2)35-20-31(21-36(27(3)4)42(35)47-24-33-14-10-12-18-45-33)40-30(9)16-17-39(44)41(40)32-22-37(28(5)6)43(38(23-32)29(7)8)48-25-34-15-11-13-19-46-34;;;;;;/h10-29H,1-9H3;4*1H;;/q;;;;;2*+2/p-4/b47-24+,48-25+;;;;;;. The minimum absolute atomic E-state index is 0. The van der Waals surface area contributed by atoms with Crippen molar-refractivity contribution >= 4 is 39.7 Å². The van der Waals surface area contributed by atoms with Gasteiger partial charge in [0.1, 0.15) is 0 Å². The van der Waals surface area contributed by atoms with E-state index in [9.17, 15) is 0 Å². The quantitative estimate of drug-likeness (QED) is 0.155. The number of aryl methyl sites for hydroxylation is 1. The topological polar surface area (TPSA) is 50.5 Å². The Morgan fingerprint density at radius 2 is 0.870 bits per heavy atom. The van der Waals surface area contributed by atoms with Crippen LogP contribution in [0.3, 0.4) is 0 Å². The number of aliphatic imine (C=N–C) groups is 2. The van der Waals surface area contributed by atoms with E-state index in [0.717, 1.165) is 27.2 Å². The summed E-state index contributed by atoms with van der Waals surface area (Å²) in [5.41, 5.74) is 14.8. The molecule has 0 atom stereocenters. The minimum Gasteiger partial charge on any atom is -1.00 e. The smallest absolute Gasteiger partial charge is 1.00 e. The van der Waals surface area contributed by atoms with E-state index in [4.69, 9.17) is 9.98 Å². The Hall–Kier alpha value is -2.02. The fourth-order valence-corrected chi connectivity index (χ4v) is 6.77. The van der Waals surface area contributed by atoms with Gasteiger partial charge in [0.25, 0.3) is 0 Å². The first-order valence-electron chi connectivity index (χ1n) is 17.0. The first-order valence-corrected chi connectivity index (χ1v) is 17.8. The van der Waals surface area contributed by atoms with Crippen molar-refractivity contribution in [3.8, 4) is 22.3 Å². The summed E-state index contributed by atoms with van der Waals surface area (Å²) in [4.78, 5) is 19.1. The number of hydrogen-bond acceptors (Lipinski definition) is 4. The van der Waals surface area contributed by atoms with Crippen LogP contribution in [0, 0.1) is 6.92 Å². The molecule has 0 bridgehead atoms. The molecule has 5 aromatic rings. The molecule has 4 nitrogen and oxygen atoms in total. The molecule has 0 aliphatic carbocycles. The number of hydrogen-bond donors (Lipinski definition) is 0. The Morgan fingerprint density at radius 1 is 0.519 bits per heavy atom. The Balaban J connectivity index is 0. The van der Waals surface area contributed by atoms with E-state index in [1.165, 1.54) is 50.1 Å². The summed E-state index contributed by atoms with van der Waals surface area (Å²) in [5.74, 6) is 1.12. The number of halogens is 5. The van der Waals surface area contributed by atoms with Crippen molar-refractivity contribution in [2.24, 2.45) is 9.98 Å². The average molecular weight is 969 g/mol. The summed E-state index contributed by atoms with van der Waals surface area (Å²) in [6.45, 7) is 20.3. The summed E-state index contributed by atoms with van der Waals surface area (Å²) >= 11 is 4.01. The van der Waals surface area contributed by atoms with E-state index in [-0.39, 0.29) is 107 Å². The Morgan fingerprint density at radius 3 is 1.19 bits per heavy atom. The molecule has 2 radical (unpaired) electrons. The van der Waals surface area contributed by atoms with Gasteiger partial charge in [-0.1, -0.05) is 89.5 Å². The van der Waals surface area contributed by atoms with Crippen LogP contribution >= 0.6 is 15.9 Å². The molecule has 0 spiro atoms. The Labute approximate surface area is 377 Å². The number of rotatable bonds is 10. The maximum Gasteiger partial charge on any atom is 2.00 e. The average Bonchev–Trinajstić information content (AvgIpc) is 3.07. The molecule has 296 valence electrons. The third-order valence-electron chi connectivity index (χ3n) is 8.79. The fraction of sp³-hybridized carbons (Fsp3) is 0.302. The maximum absolute atomic E-state index is 5.07. The van der Waals surface area contributed by atoms with Crippen molar-refractivity contribution in [3.63, 3.8) is 0 Å². The van der Waals surface area contributed by atoms with Crippen LogP contribution in [0.1, 0.15) is 118 Å². The SMILES string of the molecule is Cc1ccc(Br)c(-c2cc(C(C)C)c(/N=C/c3ccccn3)c(C(C)C)c2)c1-c1cc(C(C)C)c(/N=C/c2ccccn2)c(C(C)C)c1.[Cl-].[Cl-].[Cl-].[Cl-].[Cu+2].[Cu+2]. The van der Waals surface area contributed by atoms with Gasteiger partial charge in [0.2, 0.25) is 0 Å². The second-order valence-corrected chi connectivity index (χ2v) is 14.6. The molecule has 0 fully saturated rings. The third-order valence-corrected chi connectivity index (χ3v) is 9.45. The van der Waals surface area contributed by atoms with Gasteiger partial charge in [0.15, 0.2) is 0 Å². The van der Waals surface area contributed by atoms with Crippen LogP contribution in [0.15, 0.2) is 99.6 Å². The van der Waals surface area contributed by atoms with Gasteiger partial charge in [-0.25, -0.2) is 0 Å². The molecule has 0 N–H and O–H groups in total. The predicted molar refractivity (Wildman–Crippen MR) is 209 cm³/mol. The van der Waals surface area contributed by atoms with Gasteiger partial charge in [-0.15, -0.1) is 0 Å². The second-order valence-electron chi connectivity index (χ2n) is 13.8. The van der Waals surface area contributed by atoms with Gasteiger partial charge in [-0.2, -0.15) is 0 Å². The summed E-state index contributed by atoms with van der Waals surface area (Å²) in [5, 5.41) is 0. The van der Waals surface area contributed by atoms with Crippen LogP contribution < -0.4 is 49.6 Å². The summed E-state index contributed by atoms with van der Waals surface area (Å²) < 4.78 is 1.08. The van der Waals surface area contributed by atoms with Gasteiger partial charge in [-0.3, -0.25) is 20.0 Å². The molecule has 54 heavy (non-hydrogen) atoms. The molecular weight excluding hydrogens is 921 g/mol. The zero-order chi connectivity index (χ0) is 34.5. The van der Waals surface area contributed by atoms with Crippen molar-refractivity contribution in [2.75, 3.05) is 0 Å². The fourth-order valence-electron chi connectivity index (χ4n) is 6.21. The van der Waals surface area contributed by atoms with Crippen LogP contribution in [-0.4, -0.2) is 22.4 Å². The van der Waals surface area contributed by atoms with Gasteiger partial charge in [0, 0.05) is 22.4 Å². The summed E-state index contributed by atoms with van der Waals surface area (Å²) in [6.07, 6.45) is 7.40. The van der Waals surface area contributed by atoms with Crippen LogP contribution in [0.25, 0.3) is 22.3 Å². The number of benzene rings is 3. The largest absolute Gasteiger partial charge is 2.00 e. The first kappa shape index (κ1) is 54.1. The molecule has 2 aromatic heterocycles. The zero-order valence-corrected chi connectivity index (χ0v) is 38.3. The molecule has 11 heteroatoms. The molecule has 3 aromatic carbocycles. The van der Waals surface area contributed by atoms with Gasteiger partial charge >= 0.3 is 34.1 Å². The van der Waals surface area contributed by atoms with Crippen molar-refractivity contribution in [2.45, 2.75) is 86.0 Å². The summed E-state index contributed by atoms with van der Waals surface area (Å²) in [6, 6.07) is 25.7. The molecule has 0 aliphatic rings. The Bertz CT molecular complexity index is 1770. The van der Waals surface area contributed by atoms with Crippen molar-refractivity contribution in [1.82, 2.24) is 9.97 Å². The summed E-state index contributed by atoms with van der Waals surface area (Å²) in [7, 11) is 0. The van der Waals surface area contributed by atoms with Crippen LogP contribution in [0.2, 0.25) is 0 Å². The molecular formula is C43H47BrCl4Cu2N4. The molecule has 2 heterocycles. The molecule has 0 amide bonds. The number of pyridine rings is 2. The van der Waals surface area contributed by atoms with E-state index >= 15 is 0 Å². The molecule has 0 unspecified atom stereocenters. The van der Waals surface area contributed by atoms with Crippen molar-refractivity contribution < 1.29 is 83.8 Å². The first-order chi connectivity index (χ1) is 23.0. The van der Waals surface area contributed by atoms with E-state index in [1.54, 1.807) is 0 Å². The molecule has 0 saturated heterocycles. The van der Waals surface area contributed by atoms with Crippen LogP contribution in [-0.2, 0) is 34.1 Å². The monoisotopic (exact) mass is 964 g/mol. The predicted octanol–water partition coefficient (Wildman–Crippen LogP) is 0.887. The molecule has 0 aliphatic heterocycles. The molecule has 0 saturated carbocycles. The number of aromatic nitrogens is 2. The van der Waals surface area contributed by atoms with Gasteiger partial charge in [0.05, 0.1) is 35.2 Å². The van der Waals surface area contributed by atoms with Gasteiger partial charge < -0.3 is 49.6 Å². The molecule has 5 rings (SSSR count). The maximum atomic E-state index is 5.07. The van der Waals surface area contributed by atoms with Crippen LogP contribution in [0.5, 0.6) is 0 Å². The number of nitrogens with zero attached hydrogens (tertiary/aromatic N) is 4. The zero-order valence-electron chi connectivity index (χ0n) is 31.8. The van der Waals surface area contributed by atoms with E-state index in [0.29, 0.717) is 0 Å². The van der Waals surface area contributed by atoms with Crippen LogP contribution in [0.4, 0.5) is 11.4 Å². The van der Waals surface area contributed by atoms with E-state index in [1.807, 2.05) is 61.2 Å². The van der Waals surface area contributed by atoms with Gasteiger partial charge in [-0.05, 0) is 130 Å². The minimum atomic E-state index is 0. The normalized spacial score (nSPS) is 10.8. The van der Waals surface area contributed by atoms with E-state index in [2.05, 4.69) is 125 Å². The second kappa shape index (κ2) is 24.6. The van der Waals surface area contributed by atoms with E-state index < -0.39 is 0 Å². The van der Waals surface area contributed by atoms with Crippen molar-refractivity contribution in [1.29, 1.82) is 0 Å². The van der Waals surface area contributed by atoms with Crippen molar-refractivity contribution in [3.05, 3.63) is 129 Å². The Kier molecular flexibility index (Phi) is 24.6.